The van der Waals surface area contributed by atoms with Gasteiger partial charge < -0.3 is 29.3 Å². The molecule has 0 bridgehead atoms. The molecular formula is C31H40N4O6. The number of benzene rings is 2. The van der Waals surface area contributed by atoms with Crippen molar-refractivity contribution in [3.63, 3.8) is 0 Å². The summed E-state index contributed by atoms with van der Waals surface area (Å²) in [6.45, 7) is 7.72. The quantitative estimate of drug-likeness (QED) is 0.345. The summed E-state index contributed by atoms with van der Waals surface area (Å²) in [6, 6.07) is 12.5. The van der Waals surface area contributed by atoms with Gasteiger partial charge in [0.2, 0.25) is 12.7 Å². The number of likely N-dealkylation sites (tertiary alicyclic amines) is 1. The zero-order valence-electron chi connectivity index (χ0n) is 24.2. The standard InChI is InChI=1S/C31H40N4O6/c1-4-31(5-2)28(37)35(30(38)32-15-7-6-8-22-9-14-25-26(20-22)40-21-39-25)29(31)41-24-12-10-23(11-13-24)27(36)34-18-16-33(3)17-19-34/h9-14,20,29H,4-8,15-19,21H2,1-3H3,(H,32,38). The van der Waals surface area contributed by atoms with Gasteiger partial charge in [0, 0.05) is 38.3 Å². The molecule has 0 radical (unpaired) electrons. The third-order valence-electron chi connectivity index (χ3n) is 8.58. The highest BCUT2D eigenvalue weighted by molar-refractivity contribution is 6.03. The van der Waals surface area contributed by atoms with E-state index in [1.807, 2.05) is 36.9 Å². The maximum atomic E-state index is 13.2. The van der Waals surface area contributed by atoms with Crippen LogP contribution in [-0.4, -0.2) is 85.3 Å². The highest BCUT2D eigenvalue weighted by atomic mass is 16.7. The third kappa shape index (κ3) is 5.84. The lowest BCUT2D eigenvalue weighted by Gasteiger charge is -2.53. The molecule has 2 fully saturated rings. The predicted molar refractivity (Wildman–Crippen MR) is 153 cm³/mol. The van der Waals surface area contributed by atoms with Gasteiger partial charge in [-0.15, -0.1) is 0 Å². The highest BCUT2D eigenvalue weighted by Crippen LogP contribution is 2.46. The lowest BCUT2D eigenvalue weighted by atomic mass is 9.72. The zero-order chi connectivity index (χ0) is 29.0. The maximum Gasteiger partial charge on any atom is 0.327 e. The topological polar surface area (TPSA) is 101 Å². The van der Waals surface area contributed by atoms with Crippen LogP contribution in [-0.2, 0) is 11.2 Å². The van der Waals surface area contributed by atoms with Gasteiger partial charge in [0.15, 0.2) is 17.7 Å². The van der Waals surface area contributed by atoms with Crippen LogP contribution in [0.25, 0.3) is 0 Å². The summed E-state index contributed by atoms with van der Waals surface area (Å²) in [5, 5.41) is 2.90. The molecule has 3 heterocycles. The van der Waals surface area contributed by atoms with E-state index >= 15 is 0 Å². The Kier molecular flexibility index (Phi) is 8.68. The molecule has 5 rings (SSSR count). The van der Waals surface area contributed by atoms with E-state index in [4.69, 9.17) is 14.2 Å². The van der Waals surface area contributed by atoms with Crippen LogP contribution in [0.5, 0.6) is 17.2 Å². The Balaban J connectivity index is 1.15. The molecule has 220 valence electrons. The van der Waals surface area contributed by atoms with Crippen LogP contribution < -0.4 is 19.5 Å². The maximum absolute atomic E-state index is 13.2. The fourth-order valence-corrected chi connectivity index (χ4v) is 5.73. The molecule has 0 saturated carbocycles. The fourth-order valence-electron chi connectivity index (χ4n) is 5.73. The molecule has 1 unspecified atom stereocenters. The molecule has 41 heavy (non-hydrogen) atoms. The molecule has 0 aromatic heterocycles. The normalized spacial score (nSPS) is 19.6. The second kappa shape index (κ2) is 12.4. The Hall–Kier alpha value is -3.79. The van der Waals surface area contributed by atoms with E-state index in [1.165, 1.54) is 4.90 Å². The van der Waals surface area contributed by atoms with Crippen molar-refractivity contribution in [1.82, 2.24) is 20.0 Å². The first-order chi connectivity index (χ1) is 19.9. The Morgan fingerprint density at radius 2 is 1.68 bits per heavy atom. The minimum Gasteiger partial charge on any atom is -0.469 e. The van der Waals surface area contributed by atoms with Gasteiger partial charge in [-0.05, 0) is 81.1 Å². The van der Waals surface area contributed by atoms with Crippen LogP contribution >= 0.6 is 0 Å². The lowest BCUT2D eigenvalue weighted by Crippen LogP contribution is -2.73. The van der Waals surface area contributed by atoms with Gasteiger partial charge >= 0.3 is 6.03 Å². The van der Waals surface area contributed by atoms with Crippen molar-refractivity contribution in [1.29, 1.82) is 0 Å². The van der Waals surface area contributed by atoms with Crippen LogP contribution in [0.3, 0.4) is 0 Å². The summed E-state index contributed by atoms with van der Waals surface area (Å²) >= 11 is 0. The number of aryl methyl sites for hydroxylation is 1. The Labute approximate surface area is 241 Å². The van der Waals surface area contributed by atoms with Gasteiger partial charge in [-0.3, -0.25) is 9.59 Å². The minimum absolute atomic E-state index is 0.000497. The summed E-state index contributed by atoms with van der Waals surface area (Å²) in [4.78, 5) is 44.5. The number of carbonyl (C=O) groups is 3. The minimum atomic E-state index is -0.759. The van der Waals surface area contributed by atoms with Crippen molar-refractivity contribution in [2.45, 2.75) is 52.2 Å². The monoisotopic (exact) mass is 564 g/mol. The number of amides is 4. The Morgan fingerprint density at radius 1 is 0.976 bits per heavy atom. The van der Waals surface area contributed by atoms with E-state index in [-0.39, 0.29) is 18.6 Å². The summed E-state index contributed by atoms with van der Waals surface area (Å²) in [5.74, 6) is 1.84. The number of hydrogen-bond acceptors (Lipinski definition) is 7. The molecule has 2 aromatic carbocycles. The van der Waals surface area contributed by atoms with Gasteiger partial charge in [-0.25, -0.2) is 9.69 Å². The van der Waals surface area contributed by atoms with E-state index in [1.54, 1.807) is 24.3 Å². The van der Waals surface area contributed by atoms with E-state index in [2.05, 4.69) is 17.3 Å². The number of nitrogens with zero attached hydrogens (tertiary/aromatic N) is 3. The number of unbranched alkanes of at least 4 members (excludes halogenated alkanes) is 1. The van der Waals surface area contributed by atoms with Crippen molar-refractivity contribution in [2.75, 3.05) is 46.6 Å². The SMILES string of the molecule is CCC1(CC)C(=O)N(C(=O)NCCCCc2ccc3c(c2)OCO3)C1Oc1ccc(C(=O)N2CCN(C)CC2)cc1. The van der Waals surface area contributed by atoms with E-state index in [9.17, 15) is 14.4 Å². The second-order valence-electron chi connectivity index (χ2n) is 11.0. The average Bonchev–Trinajstić information content (AvgIpc) is 3.46. The Morgan fingerprint density at radius 3 is 2.39 bits per heavy atom. The number of fused-ring (bicyclic) bond motifs is 1. The van der Waals surface area contributed by atoms with Crippen LogP contribution in [0, 0.1) is 5.41 Å². The van der Waals surface area contributed by atoms with Crippen LogP contribution in [0.1, 0.15) is 55.5 Å². The van der Waals surface area contributed by atoms with E-state index < -0.39 is 17.7 Å². The first kappa shape index (κ1) is 28.7. The number of carbonyl (C=O) groups excluding carboxylic acids is 3. The summed E-state index contributed by atoms with van der Waals surface area (Å²) < 4.78 is 17.1. The van der Waals surface area contributed by atoms with Crippen molar-refractivity contribution in [3.05, 3.63) is 53.6 Å². The molecule has 2 aromatic rings. The first-order valence-electron chi connectivity index (χ1n) is 14.6. The van der Waals surface area contributed by atoms with Crippen LogP contribution in [0.2, 0.25) is 0 Å². The number of urea groups is 1. The molecule has 10 nitrogen and oxygen atoms in total. The van der Waals surface area contributed by atoms with E-state index in [0.29, 0.717) is 43.8 Å². The van der Waals surface area contributed by atoms with E-state index in [0.717, 1.165) is 49.4 Å². The lowest BCUT2D eigenvalue weighted by molar-refractivity contribution is -0.190. The molecular weight excluding hydrogens is 524 g/mol. The number of likely N-dealkylation sites (N-methyl/N-ethyl adjacent to an activating group) is 1. The molecule has 2 saturated heterocycles. The van der Waals surface area contributed by atoms with Crippen molar-refractivity contribution < 1.29 is 28.6 Å². The summed E-state index contributed by atoms with van der Waals surface area (Å²) in [7, 11) is 2.05. The fraction of sp³-hybridized carbons (Fsp3) is 0.516. The first-order valence-corrected chi connectivity index (χ1v) is 14.6. The summed E-state index contributed by atoms with van der Waals surface area (Å²) in [6.07, 6.45) is 2.91. The molecule has 4 amide bonds. The number of rotatable bonds is 10. The molecule has 1 N–H and O–H groups in total. The Bertz CT molecular complexity index is 1250. The van der Waals surface area contributed by atoms with Gasteiger partial charge in [0.1, 0.15) is 11.2 Å². The third-order valence-corrected chi connectivity index (χ3v) is 8.58. The van der Waals surface area contributed by atoms with Gasteiger partial charge in [0.25, 0.3) is 5.91 Å². The second-order valence-corrected chi connectivity index (χ2v) is 11.0. The molecule has 1 atom stereocenters. The number of β-lactam (4-membered cyclic amide) rings is 1. The molecule has 3 aliphatic heterocycles. The summed E-state index contributed by atoms with van der Waals surface area (Å²) in [5.41, 5.74) is 0.989. The molecule has 10 heteroatoms. The van der Waals surface area contributed by atoms with Gasteiger partial charge in [0.05, 0.1) is 0 Å². The van der Waals surface area contributed by atoms with Crippen molar-refractivity contribution in [2.24, 2.45) is 5.41 Å². The molecule has 0 spiro atoms. The van der Waals surface area contributed by atoms with Crippen molar-refractivity contribution >= 4 is 17.8 Å². The zero-order valence-corrected chi connectivity index (χ0v) is 24.2. The van der Waals surface area contributed by atoms with Crippen LogP contribution in [0.4, 0.5) is 4.79 Å². The number of piperazine rings is 1. The average molecular weight is 565 g/mol. The van der Waals surface area contributed by atoms with Gasteiger partial charge in [-0.2, -0.15) is 0 Å². The molecule has 3 aliphatic rings. The van der Waals surface area contributed by atoms with Gasteiger partial charge in [-0.1, -0.05) is 19.9 Å². The highest BCUT2D eigenvalue weighted by Gasteiger charge is 2.62. The predicted octanol–water partition coefficient (Wildman–Crippen LogP) is 3.89. The van der Waals surface area contributed by atoms with Crippen LogP contribution in [0.15, 0.2) is 42.5 Å². The number of imide groups is 1. The molecule has 0 aliphatic carbocycles. The number of ether oxygens (including phenoxy) is 3. The largest absolute Gasteiger partial charge is 0.469 e. The van der Waals surface area contributed by atoms with Crippen molar-refractivity contribution in [3.8, 4) is 17.2 Å². The smallest absolute Gasteiger partial charge is 0.327 e. The number of hydrogen-bond donors (Lipinski definition) is 1. The number of nitrogens with one attached hydrogen (secondary N) is 1.